The molecule has 3 heteroatoms. The maximum Gasteiger partial charge on any atom is 0.191 e. The summed E-state index contributed by atoms with van der Waals surface area (Å²) in [5.74, 6) is 1.96. The minimum Gasteiger partial charge on any atom is -0.357 e. The van der Waals surface area contributed by atoms with Crippen LogP contribution < -0.4 is 10.6 Å². The fourth-order valence-electron chi connectivity index (χ4n) is 2.56. The summed E-state index contributed by atoms with van der Waals surface area (Å²) in [6.45, 7) is 7.05. The molecule has 1 rings (SSSR count). The summed E-state index contributed by atoms with van der Waals surface area (Å²) in [6, 6.07) is 0. The number of hydrogen-bond acceptors (Lipinski definition) is 1. The van der Waals surface area contributed by atoms with Crippen molar-refractivity contribution in [3.05, 3.63) is 0 Å². The van der Waals surface area contributed by atoms with Crippen LogP contribution in [0, 0.1) is 5.92 Å². The zero-order valence-corrected chi connectivity index (χ0v) is 11.6. The van der Waals surface area contributed by atoms with E-state index in [-0.39, 0.29) is 0 Å². The highest BCUT2D eigenvalue weighted by atomic mass is 15.2. The van der Waals surface area contributed by atoms with Crippen molar-refractivity contribution in [1.82, 2.24) is 10.6 Å². The van der Waals surface area contributed by atoms with Gasteiger partial charge in [-0.2, -0.15) is 0 Å². The van der Waals surface area contributed by atoms with Gasteiger partial charge in [0, 0.05) is 19.6 Å². The predicted molar refractivity (Wildman–Crippen MR) is 75.5 cm³/mol. The third kappa shape index (κ3) is 6.54. The molecule has 0 aromatic rings. The van der Waals surface area contributed by atoms with Crippen LogP contribution in [0.25, 0.3) is 0 Å². The molecule has 0 aromatic heterocycles. The Morgan fingerprint density at radius 2 is 1.71 bits per heavy atom. The van der Waals surface area contributed by atoms with Crippen molar-refractivity contribution in [3.63, 3.8) is 0 Å². The molecule has 0 aliphatic heterocycles. The lowest BCUT2D eigenvalue weighted by atomic mass is 9.86. The van der Waals surface area contributed by atoms with E-state index in [1.807, 2.05) is 0 Å². The Labute approximate surface area is 106 Å². The lowest BCUT2D eigenvalue weighted by Gasteiger charge is -2.20. The Balaban J connectivity index is 2.12. The van der Waals surface area contributed by atoms with Crippen LogP contribution in [0.3, 0.4) is 0 Å². The first-order valence-electron chi connectivity index (χ1n) is 7.39. The van der Waals surface area contributed by atoms with Gasteiger partial charge in [0.1, 0.15) is 0 Å². The van der Waals surface area contributed by atoms with E-state index in [0.717, 1.165) is 31.5 Å². The standard InChI is InChI=1S/C14H29N3/c1-3-15-14(16-4-2)17-12-8-11-13-9-6-5-7-10-13/h13H,3-12H2,1-2H3,(H2,15,16,17). The first kappa shape index (κ1) is 14.3. The Bertz CT molecular complexity index is 200. The van der Waals surface area contributed by atoms with E-state index in [1.54, 1.807) is 0 Å². The van der Waals surface area contributed by atoms with E-state index < -0.39 is 0 Å². The SMILES string of the molecule is CCNC(=NCCCC1CCCCC1)NCC. The number of nitrogens with one attached hydrogen (secondary N) is 2. The number of nitrogens with zero attached hydrogens (tertiary/aromatic N) is 1. The van der Waals surface area contributed by atoms with E-state index in [9.17, 15) is 0 Å². The second kappa shape index (κ2) is 9.32. The van der Waals surface area contributed by atoms with Crippen LogP contribution in [-0.2, 0) is 0 Å². The quantitative estimate of drug-likeness (QED) is 0.425. The van der Waals surface area contributed by atoms with Crippen molar-refractivity contribution >= 4 is 5.96 Å². The molecule has 1 aliphatic carbocycles. The molecule has 0 unspecified atom stereocenters. The molecule has 0 aromatic carbocycles. The van der Waals surface area contributed by atoms with E-state index >= 15 is 0 Å². The molecule has 0 bridgehead atoms. The summed E-state index contributed by atoms with van der Waals surface area (Å²) in [4.78, 5) is 4.58. The van der Waals surface area contributed by atoms with Gasteiger partial charge in [-0.05, 0) is 32.6 Å². The topological polar surface area (TPSA) is 36.4 Å². The molecule has 0 atom stereocenters. The molecule has 2 N–H and O–H groups in total. The molecule has 0 saturated heterocycles. The smallest absolute Gasteiger partial charge is 0.191 e. The molecule has 0 amide bonds. The Morgan fingerprint density at radius 3 is 2.29 bits per heavy atom. The second-order valence-electron chi connectivity index (χ2n) is 4.94. The van der Waals surface area contributed by atoms with Gasteiger partial charge in [0.15, 0.2) is 5.96 Å². The first-order valence-corrected chi connectivity index (χ1v) is 7.39. The molecule has 3 nitrogen and oxygen atoms in total. The van der Waals surface area contributed by atoms with Gasteiger partial charge in [0.05, 0.1) is 0 Å². The van der Waals surface area contributed by atoms with E-state index in [1.165, 1.54) is 44.9 Å². The molecule has 1 fully saturated rings. The highest BCUT2D eigenvalue weighted by Gasteiger charge is 2.12. The Hall–Kier alpha value is -0.730. The maximum atomic E-state index is 4.58. The number of hydrogen-bond donors (Lipinski definition) is 2. The van der Waals surface area contributed by atoms with Crippen molar-refractivity contribution in [2.75, 3.05) is 19.6 Å². The summed E-state index contributed by atoms with van der Waals surface area (Å²) in [6.07, 6.45) is 9.88. The number of guanidine groups is 1. The van der Waals surface area contributed by atoms with E-state index in [2.05, 4.69) is 29.5 Å². The summed E-state index contributed by atoms with van der Waals surface area (Å²) in [5, 5.41) is 6.52. The number of aliphatic imine (C=N–C) groups is 1. The zero-order chi connectivity index (χ0) is 12.3. The average molecular weight is 239 g/mol. The maximum absolute atomic E-state index is 4.58. The van der Waals surface area contributed by atoms with Crippen molar-refractivity contribution in [2.45, 2.75) is 58.8 Å². The predicted octanol–water partition coefficient (Wildman–Crippen LogP) is 2.92. The minimum absolute atomic E-state index is 0.939. The fraction of sp³-hybridized carbons (Fsp3) is 0.929. The molecular formula is C14H29N3. The van der Waals surface area contributed by atoms with Gasteiger partial charge in [-0.25, -0.2) is 0 Å². The highest BCUT2D eigenvalue weighted by molar-refractivity contribution is 5.79. The van der Waals surface area contributed by atoms with Gasteiger partial charge in [-0.15, -0.1) is 0 Å². The van der Waals surface area contributed by atoms with Crippen molar-refractivity contribution in [3.8, 4) is 0 Å². The minimum atomic E-state index is 0.939. The lowest BCUT2D eigenvalue weighted by Crippen LogP contribution is -2.37. The molecule has 0 radical (unpaired) electrons. The van der Waals surface area contributed by atoms with Crippen molar-refractivity contribution in [2.24, 2.45) is 10.9 Å². The van der Waals surface area contributed by atoms with Gasteiger partial charge < -0.3 is 10.6 Å². The van der Waals surface area contributed by atoms with E-state index in [4.69, 9.17) is 0 Å². The summed E-state index contributed by atoms with van der Waals surface area (Å²) in [7, 11) is 0. The molecule has 1 aliphatic rings. The van der Waals surface area contributed by atoms with Crippen LogP contribution in [0.15, 0.2) is 4.99 Å². The van der Waals surface area contributed by atoms with Crippen LogP contribution in [0.4, 0.5) is 0 Å². The van der Waals surface area contributed by atoms with Crippen LogP contribution >= 0.6 is 0 Å². The molecule has 0 spiro atoms. The molecular weight excluding hydrogens is 210 g/mol. The Kier molecular flexibility index (Phi) is 7.85. The van der Waals surface area contributed by atoms with Gasteiger partial charge in [-0.3, -0.25) is 4.99 Å². The molecule has 100 valence electrons. The summed E-state index contributed by atoms with van der Waals surface area (Å²) in [5.41, 5.74) is 0. The van der Waals surface area contributed by atoms with Crippen molar-refractivity contribution in [1.29, 1.82) is 0 Å². The summed E-state index contributed by atoms with van der Waals surface area (Å²) < 4.78 is 0. The zero-order valence-electron chi connectivity index (χ0n) is 11.6. The van der Waals surface area contributed by atoms with Crippen LogP contribution in [-0.4, -0.2) is 25.6 Å². The molecule has 0 heterocycles. The second-order valence-corrected chi connectivity index (χ2v) is 4.94. The van der Waals surface area contributed by atoms with Gasteiger partial charge in [0.25, 0.3) is 0 Å². The van der Waals surface area contributed by atoms with Crippen LogP contribution in [0.1, 0.15) is 58.8 Å². The molecule has 1 saturated carbocycles. The lowest BCUT2D eigenvalue weighted by molar-refractivity contribution is 0.334. The van der Waals surface area contributed by atoms with Crippen LogP contribution in [0.2, 0.25) is 0 Å². The van der Waals surface area contributed by atoms with Gasteiger partial charge in [-0.1, -0.05) is 32.1 Å². The van der Waals surface area contributed by atoms with Gasteiger partial charge in [0.2, 0.25) is 0 Å². The summed E-state index contributed by atoms with van der Waals surface area (Å²) >= 11 is 0. The first-order chi connectivity index (χ1) is 8.36. The molecule has 17 heavy (non-hydrogen) atoms. The third-order valence-electron chi connectivity index (χ3n) is 3.45. The fourth-order valence-corrected chi connectivity index (χ4v) is 2.56. The van der Waals surface area contributed by atoms with Crippen LogP contribution in [0.5, 0.6) is 0 Å². The average Bonchev–Trinajstić information content (AvgIpc) is 2.36. The number of rotatable bonds is 6. The highest BCUT2D eigenvalue weighted by Crippen LogP contribution is 2.27. The monoisotopic (exact) mass is 239 g/mol. The third-order valence-corrected chi connectivity index (χ3v) is 3.45. The normalized spacial score (nSPS) is 16.6. The largest absolute Gasteiger partial charge is 0.357 e. The van der Waals surface area contributed by atoms with E-state index in [0.29, 0.717) is 0 Å². The van der Waals surface area contributed by atoms with Gasteiger partial charge >= 0.3 is 0 Å². The van der Waals surface area contributed by atoms with Crippen molar-refractivity contribution < 1.29 is 0 Å². The Morgan fingerprint density at radius 1 is 1.06 bits per heavy atom.